The molecule has 7 nitrogen and oxygen atoms in total. The minimum Gasteiger partial charge on any atom is -0.444 e. The minimum atomic E-state index is -0.953. The van der Waals surface area contributed by atoms with E-state index in [1.807, 2.05) is 26.8 Å². The highest BCUT2D eigenvalue weighted by molar-refractivity contribution is 6.11. The lowest BCUT2D eigenvalue weighted by molar-refractivity contribution is -0.115. The average Bonchev–Trinajstić information content (AvgIpc) is 2.71. The third-order valence-electron chi connectivity index (χ3n) is 5.77. The van der Waals surface area contributed by atoms with E-state index in [0.29, 0.717) is 23.6 Å². The molecule has 0 N–H and O–H groups in total. The molecule has 2 fully saturated rings. The van der Waals surface area contributed by atoms with E-state index in [1.165, 1.54) is 6.07 Å². The van der Waals surface area contributed by atoms with Crippen molar-refractivity contribution < 1.29 is 23.1 Å². The summed E-state index contributed by atoms with van der Waals surface area (Å²) in [5.41, 5.74) is 1.94. The number of carbonyl (C=O) groups is 1. The van der Waals surface area contributed by atoms with Crippen LogP contribution in [0.5, 0.6) is 0 Å². The van der Waals surface area contributed by atoms with Gasteiger partial charge in [-0.3, -0.25) is 9.88 Å². The summed E-state index contributed by atoms with van der Waals surface area (Å²) in [5, 5.41) is 4.06. The van der Waals surface area contributed by atoms with E-state index < -0.39 is 17.2 Å². The second-order valence-corrected chi connectivity index (χ2v) is 10.0. The maximum Gasteiger partial charge on any atom is 0.410 e. The molecule has 34 heavy (non-hydrogen) atoms. The Labute approximate surface area is 198 Å². The van der Waals surface area contributed by atoms with Gasteiger partial charge in [0.2, 0.25) is 0 Å². The molecule has 0 bridgehead atoms. The number of halogens is 2. The first kappa shape index (κ1) is 24.1. The summed E-state index contributed by atoms with van der Waals surface area (Å²) in [4.78, 5) is 25.9. The number of hydrogen-bond donors (Lipinski definition) is 0. The Morgan fingerprint density at radius 1 is 1.12 bits per heavy atom. The summed E-state index contributed by atoms with van der Waals surface area (Å²) < 4.78 is 32.5. The standard InChI is InChI=1S/C25H30F2N4O3/c1-5-33-29-22(18-7-8-19(26)20(27)10-18)21-9-6-17(11-28-21)12-30-13-25(14-30)15-31(16-25)23(32)34-24(2,3)4/h6-11H,5,12-16H2,1-4H3. The predicted octanol–water partition coefficient (Wildman–Crippen LogP) is 4.20. The smallest absolute Gasteiger partial charge is 0.410 e. The minimum absolute atomic E-state index is 0.161. The summed E-state index contributed by atoms with van der Waals surface area (Å²) in [6.45, 7) is 11.8. The van der Waals surface area contributed by atoms with Gasteiger partial charge in [0.05, 0.1) is 5.69 Å². The lowest BCUT2D eigenvalue weighted by Crippen LogP contribution is -2.72. The molecule has 1 aromatic heterocycles. The topological polar surface area (TPSA) is 67.3 Å². The van der Waals surface area contributed by atoms with Crippen molar-refractivity contribution in [1.29, 1.82) is 0 Å². The fourth-order valence-electron chi connectivity index (χ4n) is 4.37. The molecule has 3 heterocycles. The van der Waals surface area contributed by atoms with E-state index in [9.17, 15) is 13.6 Å². The molecule has 0 unspecified atom stereocenters. The van der Waals surface area contributed by atoms with Crippen molar-refractivity contribution in [2.75, 3.05) is 32.8 Å². The van der Waals surface area contributed by atoms with E-state index in [0.717, 1.165) is 50.4 Å². The van der Waals surface area contributed by atoms with Crippen LogP contribution in [0.15, 0.2) is 41.7 Å². The number of oxime groups is 1. The third kappa shape index (κ3) is 5.35. The SMILES string of the molecule is CCON=C(c1ccc(F)c(F)c1)c1ccc(CN2CC3(C2)CN(C(=O)OC(C)(C)C)C3)cn1. The molecule has 1 amide bonds. The van der Waals surface area contributed by atoms with Gasteiger partial charge in [-0.2, -0.15) is 0 Å². The zero-order chi connectivity index (χ0) is 24.5. The maximum absolute atomic E-state index is 13.7. The first-order valence-corrected chi connectivity index (χ1v) is 11.4. The van der Waals surface area contributed by atoms with Crippen LogP contribution < -0.4 is 0 Å². The van der Waals surface area contributed by atoms with Gasteiger partial charge in [0.1, 0.15) is 17.9 Å². The Kier molecular flexibility index (Phi) is 6.58. The Bertz CT molecular complexity index is 1070. The van der Waals surface area contributed by atoms with Gasteiger partial charge < -0.3 is 14.5 Å². The monoisotopic (exact) mass is 472 g/mol. The summed E-state index contributed by atoms with van der Waals surface area (Å²) in [6.07, 6.45) is 1.51. The number of pyridine rings is 1. The molecule has 9 heteroatoms. The van der Waals surface area contributed by atoms with Crippen molar-refractivity contribution in [1.82, 2.24) is 14.8 Å². The van der Waals surface area contributed by atoms with E-state index >= 15 is 0 Å². The fraction of sp³-hybridized carbons (Fsp3) is 0.480. The molecular weight excluding hydrogens is 442 g/mol. The highest BCUT2D eigenvalue weighted by Gasteiger charge is 2.53. The van der Waals surface area contributed by atoms with Gasteiger partial charge in [-0.25, -0.2) is 13.6 Å². The Balaban J connectivity index is 1.34. The highest BCUT2D eigenvalue weighted by Crippen LogP contribution is 2.40. The summed E-state index contributed by atoms with van der Waals surface area (Å²) in [6, 6.07) is 7.34. The van der Waals surface area contributed by atoms with E-state index in [4.69, 9.17) is 9.57 Å². The van der Waals surface area contributed by atoms with Gasteiger partial charge in [0.15, 0.2) is 11.6 Å². The number of hydrogen-bond acceptors (Lipinski definition) is 6. The van der Waals surface area contributed by atoms with Crippen molar-refractivity contribution in [3.8, 4) is 0 Å². The summed E-state index contributed by atoms with van der Waals surface area (Å²) in [7, 11) is 0. The Morgan fingerprint density at radius 2 is 1.85 bits per heavy atom. The van der Waals surface area contributed by atoms with Crippen molar-refractivity contribution in [2.24, 2.45) is 10.6 Å². The average molecular weight is 473 g/mol. The highest BCUT2D eigenvalue weighted by atomic mass is 19.2. The van der Waals surface area contributed by atoms with Crippen molar-refractivity contribution in [2.45, 2.75) is 39.8 Å². The number of nitrogens with zero attached hydrogens (tertiary/aromatic N) is 4. The molecule has 4 rings (SSSR count). The van der Waals surface area contributed by atoms with Crippen LogP contribution in [-0.2, 0) is 16.1 Å². The van der Waals surface area contributed by atoms with Gasteiger partial charge in [-0.15, -0.1) is 0 Å². The number of benzene rings is 1. The second kappa shape index (κ2) is 9.29. The third-order valence-corrected chi connectivity index (χ3v) is 5.77. The van der Waals surface area contributed by atoms with Crippen molar-refractivity contribution in [3.05, 3.63) is 65.0 Å². The molecule has 0 atom stereocenters. The number of ether oxygens (including phenoxy) is 1. The molecule has 2 aromatic rings. The van der Waals surface area contributed by atoms with Crippen LogP contribution in [0.1, 0.15) is 44.5 Å². The molecule has 1 spiro atoms. The second-order valence-electron chi connectivity index (χ2n) is 10.0. The fourth-order valence-corrected chi connectivity index (χ4v) is 4.37. The van der Waals surface area contributed by atoms with Crippen LogP contribution in [0.3, 0.4) is 0 Å². The van der Waals surface area contributed by atoms with Crippen LogP contribution >= 0.6 is 0 Å². The zero-order valence-electron chi connectivity index (χ0n) is 20.0. The zero-order valence-corrected chi connectivity index (χ0v) is 20.0. The van der Waals surface area contributed by atoms with E-state index in [2.05, 4.69) is 15.0 Å². The van der Waals surface area contributed by atoms with Crippen LogP contribution in [0.4, 0.5) is 13.6 Å². The first-order chi connectivity index (χ1) is 16.1. The van der Waals surface area contributed by atoms with Gasteiger partial charge in [-0.1, -0.05) is 11.2 Å². The predicted molar refractivity (Wildman–Crippen MR) is 123 cm³/mol. The van der Waals surface area contributed by atoms with Gasteiger partial charge >= 0.3 is 6.09 Å². The summed E-state index contributed by atoms with van der Waals surface area (Å²) >= 11 is 0. The molecular formula is C25H30F2N4O3. The quantitative estimate of drug-likeness (QED) is 0.466. The van der Waals surface area contributed by atoms with Crippen LogP contribution in [0.2, 0.25) is 0 Å². The lowest BCUT2D eigenvalue weighted by Gasteiger charge is -2.60. The Hall–Kier alpha value is -3.07. The molecule has 0 aliphatic carbocycles. The van der Waals surface area contributed by atoms with Crippen molar-refractivity contribution in [3.63, 3.8) is 0 Å². The normalized spacial score (nSPS) is 17.8. The van der Waals surface area contributed by atoms with Gasteiger partial charge in [-0.05, 0) is 57.5 Å². The molecule has 1 aromatic carbocycles. The molecule has 0 radical (unpaired) electrons. The summed E-state index contributed by atoms with van der Waals surface area (Å²) in [5.74, 6) is -1.87. The number of amides is 1. The number of likely N-dealkylation sites (tertiary alicyclic amines) is 2. The van der Waals surface area contributed by atoms with E-state index in [-0.39, 0.29) is 11.5 Å². The van der Waals surface area contributed by atoms with Crippen LogP contribution in [0, 0.1) is 17.0 Å². The maximum atomic E-state index is 13.7. The van der Waals surface area contributed by atoms with Gasteiger partial charge in [0, 0.05) is 49.9 Å². The lowest BCUT2D eigenvalue weighted by atomic mass is 9.73. The number of aromatic nitrogens is 1. The first-order valence-electron chi connectivity index (χ1n) is 11.4. The largest absolute Gasteiger partial charge is 0.444 e. The van der Waals surface area contributed by atoms with E-state index in [1.54, 1.807) is 24.1 Å². The molecule has 2 aliphatic rings. The molecule has 0 saturated carbocycles. The molecule has 2 aliphatic heterocycles. The van der Waals surface area contributed by atoms with Crippen molar-refractivity contribution >= 4 is 11.8 Å². The molecule has 2 saturated heterocycles. The molecule has 182 valence electrons. The van der Waals surface area contributed by atoms with Gasteiger partial charge in [0.25, 0.3) is 0 Å². The van der Waals surface area contributed by atoms with Crippen LogP contribution in [-0.4, -0.2) is 65.0 Å². The number of carbonyl (C=O) groups excluding carboxylic acids is 1. The Morgan fingerprint density at radius 3 is 2.44 bits per heavy atom. The number of rotatable bonds is 6. The van der Waals surface area contributed by atoms with Crippen LogP contribution in [0.25, 0.3) is 0 Å².